The highest BCUT2D eigenvalue weighted by molar-refractivity contribution is 8.36. The molecule has 35 heavy (non-hydrogen) atoms. The highest BCUT2D eigenvalue weighted by Crippen LogP contribution is 2.98. The average Bonchev–Trinajstić information content (AvgIpc) is 3.22. The first-order valence-corrected chi connectivity index (χ1v) is 18.9. The summed E-state index contributed by atoms with van der Waals surface area (Å²) in [6, 6.07) is 9.68. The Morgan fingerprint density at radius 3 is 2.17 bits per heavy atom. The van der Waals surface area contributed by atoms with Crippen LogP contribution in [0.1, 0.15) is 121 Å². The zero-order chi connectivity index (χ0) is 24.7. The van der Waals surface area contributed by atoms with Crippen LogP contribution in [0.15, 0.2) is 47.8 Å². The fourth-order valence-corrected chi connectivity index (χ4v) is 19.2. The van der Waals surface area contributed by atoms with Crippen LogP contribution in [0.5, 0.6) is 0 Å². The number of hydrogen-bond donors (Lipinski definition) is 0. The van der Waals surface area contributed by atoms with E-state index in [1.807, 2.05) is 5.31 Å². The minimum absolute atomic E-state index is 0.144. The number of rotatable bonds is 15. The summed E-state index contributed by atoms with van der Waals surface area (Å²) in [5.74, 6) is 2.45. The van der Waals surface area contributed by atoms with Crippen LogP contribution in [-0.4, -0.2) is 17.5 Å². The van der Waals surface area contributed by atoms with E-state index >= 15 is 0 Å². The average molecular weight is 511 g/mol. The Kier molecular flexibility index (Phi) is 10.6. The minimum atomic E-state index is 0.144. The third-order valence-electron chi connectivity index (χ3n) is 9.16. The summed E-state index contributed by atoms with van der Waals surface area (Å²) < 4.78 is 0. The summed E-state index contributed by atoms with van der Waals surface area (Å²) in [5.41, 5.74) is 3.04. The second-order valence-corrected chi connectivity index (χ2v) is 18.2. The van der Waals surface area contributed by atoms with Crippen molar-refractivity contribution in [1.29, 1.82) is 0 Å². The van der Waals surface area contributed by atoms with Crippen molar-refractivity contribution in [3.05, 3.63) is 58.9 Å². The van der Waals surface area contributed by atoms with Gasteiger partial charge in [0.25, 0.3) is 0 Å². The molecule has 0 nitrogen and oxygen atoms in total. The van der Waals surface area contributed by atoms with Crippen molar-refractivity contribution >= 4 is 15.2 Å². The van der Waals surface area contributed by atoms with Crippen molar-refractivity contribution in [2.45, 2.75) is 122 Å². The van der Waals surface area contributed by atoms with E-state index in [9.17, 15) is 0 Å². The topological polar surface area (TPSA) is 0 Å². The number of benzene rings is 1. The molecule has 2 fully saturated rings. The lowest BCUT2D eigenvalue weighted by atomic mass is 9.78. The summed E-state index contributed by atoms with van der Waals surface area (Å²) in [6.07, 6.45) is 29.5. The Balaban J connectivity index is 1.49. The van der Waals surface area contributed by atoms with Crippen LogP contribution in [0, 0.1) is 18.8 Å². The molecule has 1 aliphatic heterocycles. The first-order chi connectivity index (χ1) is 17.2. The summed E-state index contributed by atoms with van der Waals surface area (Å²) in [7, 11) is 0.298. The second kappa shape index (κ2) is 13.4. The lowest BCUT2D eigenvalue weighted by Gasteiger charge is -2.63. The molecule has 1 saturated heterocycles. The Morgan fingerprint density at radius 2 is 1.49 bits per heavy atom. The molecule has 1 aromatic carbocycles. The molecule has 4 rings (SSSR count). The molecule has 0 N–H and O–H groups in total. The van der Waals surface area contributed by atoms with Gasteiger partial charge in [-0.25, -0.2) is 0 Å². The van der Waals surface area contributed by atoms with Gasteiger partial charge in [0.05, 0.1) is 0 Å². The van der Waals surface area contributed by atoms with Gasteiger partial charge in [0, 0.05) is 5.16 Å². The minimum Gasteiger partial charge on any atom is -0.0801 e. The molecule has 1 aromatic rings. The molecule has 1 spiro atoms. The van der Waals surface area contributed by atoms with Crippen LogP contribution in [0.2, 0.25) is 0 Å². The van der Waals surface area contributed by atoms with Gasteiger partial charge in [-0.15, -0.1) is 0 Å². The summed E-state index contributed by atoms with van der Waals surface area (Å²) >= 11 is 0. The Labute approximate surface area is 220 Å². The predicted molar refractivity (Wildman–Crippen MR) is 161 cm³/mol. The number of allylic oxidation sites excluding steroid dienone is 4. The van der Waals surface area contributed by atoms with Crippen molar-refractivity contribution in [3.8, 4) is 0 Å². The number of aryl methyl sites for hydroxylation is 1. The molecule has 2 heteroatoms. The maximum atomic E-state index is 2.66. The van der Waals surface area contributed by atoms with Crippen molar-refractivity contribution < 1.29 is 0 Å². The first-order valence-electron chi connectivity index (χ1n) is 15.2. The number of hydrogen-bond acceptors (Lipinski definition) is 0. The molecule has 0 bridgehead atoms. The SMILES string of the molecule is CCCCCCCCCCP1C2=CC=CC3CC(c4ccc(C)cc4)C(CCCC)C23P1CCC. The van der Waals surface area contributed by atoms with E-state index in [1.165, 1.54) is 95.2 Å². The third-order valence-corrected chi connectivity index (χ3v) is 19.0. The highest BCUT2D eigenvalue weighted by Gasteiger charge is 2.68. The second-order valence-electron chi connectivity index (χ2n) is 11.6. The summed E-state index contributed by atoms with van der Waals surface area (Å²) in [4.78, 5) is 0. The molecule has 6 atom stereocenters. The largest absolute Gasteiger partial charge is 0.0801 e. The molecule has 1 saturated carbocycles. The van der Waals surface area contributed by atoms with Crippen molar-refractivity contribution in [2.24, 2.45) is 11.8 Å². The fourth-order valence-electron chi connectivity index (χ4n) is 7.49. The summed E-state index contributed by atoms with van der Waals surface area (Å²) in [6.45, 7) is 9.42. The fraction of sp³-hybridized carbons (Fsp3) is 0.697. The Morgan fingerprint density at radius 1 is 0.800 bits per heavy atom. The molecular weight excluding hydrogens is 458 g/mol. The Bertz CT molecular complexity index is 837. The van der Waals surface area contributed by atoms with Crippen LogP contribution < -0.4 is 0 Å². The zero-order valence-electron chi connectivity index (χ0n) is 23.3. The molecule has 1 heterocycles. The first kappa shape index (κ1) is 27.6. The van der Waals surface area contributed by atoms with Crippen LogP contribution in [0.3, 0.4) is 0 Å². The van der Waals surface area contributed by atoms with E-state index in [-0.39, 0.29) is 15.2 Å². The number of unbranched alkanes of at least 4 members (excludes halogenated alkanes) is 8. The van der Waals surface area contributed by atoms with Crippen molar-refractivity contribution in [3.63, 3.8) is 0 Å². The van der Waals surface area contributed by atoms with Gasteiger partial charge in [-0.1, -0.05) is 148 Å². The Hall–Kier alpha value is -0.440. The lowest BCUT2D eigenvalue weighted by molar-refractivity contribution is 0.377. The van der Waals surface area contributed by atoms with Crippen LogP contribution in [0.25, 0.3) is 0 Å². The highest BCUT2D eigenvalue weighted by atomic mass is 32.1. The molecule has 0 radical (unpaired) electrons. The van der Waals surface area contributed by atoms with Crippen molar-refractivity contribution in [1.82, 2.24) is 0 Å². The van der Waals surface area contributed by atoms with Crippen molar-refractivity contribution in [2.75, 3.05) is 12.3 Å². The smallest absolute Gasteiger partial charge is 0.0301 e. The molecule has 0 amide bonds. The van der Waals surface area contributed by atoms with Gasteiger partial charge in [0.1, 0.15) is 0 Å². The molecule has 0 aromatic heterocycles. The van der Waals surface area contributed by atoms with E-state index in [4.69, 9.17) is 0 Å². The van der Waals surface area contributed by atoms with E-state index < -0.39 is 0 Å². The van der Waals surface area contributed by atoms with Gasteiger partial charge in [0.2, 0.25) is 0 Å². The molecule has 6 unspecified atom stereocenters. The van der Waals surface area contributed by atoms with Gasteiger partial charge in [0.15, 0.2) is 0 Å². The lowest BCUT2D eigenvalue weighted by Crippen LogP contribution is -2.47. The predicted octanol–water partition coefficient (Wildman–Crippen LogP) is 11.5. The molecule has 2 aliphatic carbocycles. The van der Waals surface area contributed by atoms with Gasteiger partial charge in [-0.05, 0) is 67.1 Å². The van der Waals surface area contributed by atoms with Crippen LogP contribution in [0.4, 0.5) is 0 Å². The monoisotopic (exact) mass is 510 g/mol. The third kappa shape index (κ3) is 5.70. The normalized spacial score (nSPS) is 31.1. The molecule has 194 valence electrons. The molecular formula is C33H52P2. The zero-order valence-corrected chi connectivity index (χ0v) is 25.1. The summed E-state index contributed by atoms with van der Waals surface area (Å²) in [5, 5.41) is 2.55. The maximum absolute atomic E-state index is 2.66. The standard InChI is InChI=1S/C33H52P2/c1-5-8-10-11-12-13-14-15-25-34-32-19-16-17-29-26-30(28-22-20-27(4)21-23-28)31(18-9-6-2)33(29,32)35(34)24-7-3/h16-17,19-23,29-31H,5-15,18,24-26H2,1-4H3. The van der Waals surface area contributed by atoms with Gasteiger partial charge >= 0.3 is 0 Å². The van der Waals surface area contributed by atoms with Gasteiger partial charge in [-0.3, -0.25) is 0 Å². The van der Waals surface area contributed by atoms with E-state index in [2.05, 4.69) is 70.2 Å². The quantitative estimate of drug-likeness (QED) is 0.163. The van der Waals surface area contributed by atoms with E-state index in [0.717, 1.165) is 17.8 Å². The van der Waals surface area contributed by atoms with Gasteiger partial charge < -0.3 is 0 Å². The van der Waals surface area contributed by atoms with E-state index in [1.54, 1.807) is 11.7 Å². The maximum Gasteiger partial charge on any atom is 0.0301 e. The van der Waals surface area contributed by atoms with Gasteiger partial charge in [-0.2, -0.15) is 0 Å². The van der Waals surface area contributed by atoms with Crippen LogP contribution >= 0.6 is 15.2 Å². The molecule has 3 aliphatic rings. The van der Waals surface area contributed by atoms with E-state index in [0.29, 0.717) is 5.16 Å². The van der Waals surface area contributed by atoms with Crippen LogP contribution in [-0.2, 0) is 0 Å².